The fourth-order valence-electron chi connectivity index (χ4n) is 4.58. The van der Waals surface area contributed by atoms with E-state index in [0.29, 0.717) is 16.7 Å². The fourth-order valence-corrected chi connectivity index (χ4v) is 4.58. The number of aliphatic hydroxyl groups excluding tert-OH is 1. The molecule has 0 saturated heterocycles. The Balaban J connectivity index is 1.68. The summed E-state index contributed by atoms with van der Waals surface area (Å²) in [6.45, 7) is 1.87. The fraction of sp³-hybridized carbons (Fsp3) is 0.133. The van der Waals surface area contributed by atoms with Crippen molar-refractivity contribution >= 4 is 22.3 Å². The lowest BCUT2D eigenvalue weighted by Gasteiger charge is -2.24. The molecule has 0 atom stereocenters. The lowest BCUT2D eigenvalue weighted by atomic mass is 9.98. The first-order valence-corrected chi connectivity index (χ1v) is 11.6. The van der Waals surface area contributed by atoms with Crippen LogP contribution in [0.3, 0.4) is 0 Å². The van der Waals surface area contributed by atoms with Crippen LogP contribution in [0.4, 0.5) is 11.4 Å². The minimum atomic E-state index is -0.288. The van der Waals surface area contributed by atoms with Gasteiger partial charge in [-0.15, -0.1) is 0 Å². The van der Waals surface area contributed by atoms with Crippen molar-refractivity contribution in [2.24, 2.45) is 0 Å². The molecule has 0 unspecified atom stereocenters. The molecule has 5 rings (SSSR count). The standard InChI is InChI=1S/C30H27N3O2/c1-21-31-28-17-16-26(32(2)25-15-9-10-22(18-25)20-34)19-27(28)30(35)33(21)29(23-11-5-3-6-12-23)24-13-7-4-8-14-24/h3-19,29,34H,20H2,1-2H3. The predicted octanol–water partition coefficient (Wildman–Crippen LogP) is 5.60. The molecule has 5 nitrogen and oxygen atoms in total. The van der Waals surface area contributed by atoms with E-state index in [0.717, 1.165) is 28.1 Å². The lowest BCUT2D eigenvalue weighted by molar-refractivity contribution is 0.282. The molecule has 0 saturated carbocycles. The third-order valence-electron chi connectivity index (χ3n) is 6.42. The van der Waals surface area contributed by atoms with Crippen molar-refractivity contribution in [2.45, 2.75) is 19.6 Å². The highest BCUT2D eigenvalue weighted by atomic mass is 16.3. The van der Waals surface area contributed by atoms with Gasteiger partial charge in [-0.2, -0.15) is 0 Å². The van der Waals surface area contributed by atoms with Gasteiger partial charge < -0.3 is 10.0 Å². The van der Waals surface area contributed by atoms with Gasteiger partial charge in [-0.3, -0.25) is 9.36 Å². The molecule has 1 aromatic heterocycles. The highest BCUT2D eigenvalue weighted by Crippen LogP contribution is 2.29. The van der Waals surface area contributed by atoms with Crippen LogP contribution in [-0.2, 0) is 6.61 Å². The summed E-state index contributed by atoms with van der Waals surface area (Å²) in [6.07, 6.45) is 0. The number of benzene rings is 4. The number of rotatable bonds is 6. The number of aromatic nitrogens is 2. The van der Waals surface area contributed by atoms with Crippen LogP contribution < -0.4 is 10.5 Å². The van der Waals surface area contributed by atoms with Gasteiger partial charge in [-0.1, -0.05) is 72.8 Å². The van der Waals surface area contributed by atoms with Crippen molar-refractivity contribution in [3.63, 3.8) is 0 Å². The summed E-state index contributed by atoms with van der Waals surface area (Å²) in [4.78, 5) is 20.8. The summed E-state index contributed by atoms with van der Waals surface area (Å²) in [7, 11) is 1.95. The maximum Gasteiger partial charge on any atom is 0.262 e. The van der Waals surface area contributed by atoms with Gasteiger partial charge >= 0.3 is 0 Å². The first-order chi connectivity index (χ1) is 17.1. The molecule has 174 valence electrons. The van der Waals surface area contributed by atoms with E-state index in [1.165, 1.54) is 0 Å². The van der Waals surface area contributed by atoms with Gasteiger partial charge in [0.1, 0.15) is 5.82 Å². The van der Waals surface area contributed by atoms with Crippen molar-refractivity contribution < 1.29 is 5.11 Å². The maximum absolute atomic E-state index is 14.0. The van der Waals surface area contributed by atoms with Gasteiger partial charge in [0.25, 0.3) is 5.56 Å². The van der Waals surface area contributed by atoms with Gasteiger partial charge in [0.2, 0.25) is 0 Å². The van der Waals surface area contributed by atoms with Crippen LogP contribution in [0, 0.1) is 6.92 Å². The Kier molecular flexibility index (Phi) is 6.17. The second kappa shape index (κ2) is 9.57. The summed E-state index contributed by atoms with van der Waals surface area (Å²) >= 11 is 0. The Bertz CT molecular complexity index is 1490. The van der Waals surface area contributed by atoms with Crippen LogP contribution in [-0.4, -0.2) is 21.7 Å². The molecule has 35 heavy (non-hydrogen) atoms. The highest BCUT2D eigenvalue weighted by Gasteiger charge is 2.21. The molecule has 5 aromatic rings. The van der Waals surface area contributed by atoms with Crippen LogP contribution in [0.15, 0.2) is 108 Å². The van der Waals surface area contributed by atoms with Crippen LogP contribution in [0.1, 0.15) is 28.6 Å². The van der Waals surface area contributed by atoms with E-state index in [9.17, 15) is 9.90 Å². The Hall–Kier alpha value is -4.22. The topological polar surface area (TPSA) is 58.4 Å². The summed E-state index contributed by atoms with van der Waals surface area (Å²) < 4.78 is 1.79. The largest absolute Gasteiger partial charge is 0.392 e. The minimum Gasteiger partial charge on any atom is -0.392 e. The zero-order valence-corrected chi connectivity index (χ0v) is 19.8. The molecule has 1 heterocycles. The van der Waals surface area contributed by atoms with E-state index in [1.807, 2.05) is 122 Å². The molecule has 4 aromatic carbocycles. The lowest BCUT2D eigenvalue weighted by Crippen LogP contribution is -2.29. The molecule has 0 bridgehead atoms. The number of aryl methyl sites for hydroxylation is 1. The van der Waals surface area contributed by atoms with Gasteiger partial charge in [-0.05, 0) is 53.9 Å². The number of hydrogen-bond donors (Lipinski definition) is 1. The van der Waals surface area contributed by atoms with E-state index < -0.39 is 0 Å². The van der Waals surface area contributed by atoms with Crippen LogP contribution >= 0.6 is 0 Å². The molecular formula is C30H27N3O2. The van der Waals surface area contributed by atoms with Crippen molar-refractivity contribution in [2.75, 3.05) is 11.9 Å². The molecule has 0 aliphatic rings. The number of hydrogen-bond acceptors (Lipinski definition) is 4. The first kappa shape index (κ1) is 22.6. The summed E-state index contributed by atoms with van der Waals surface area (Å²) in [6, 6.07) is 33.3. The number of anilines is 2. The van der Waals surface area contributed by atoms with Crippen LogP contribution in [0.5, 0.6) is 0 Å². The average molecular weight is 462 g/mol. The van der Waals surface area contributed by atoms with E-state index in [2.05, 4.69) is 0 Å². The SMILES string of the molecule is Cc1nc2ccc(N(C)c3cccc(CO)c3)cc2c(=O)n1C(c1ccccc1)c1ccccc1. The first-order valence-electron chi connectivity index (χ1n) is 11.6. The highest BCUT2D eigenvalue weighted by molar-refractivity contribution is 5.83. The third-order valence-corrected chi connectivity index (χ3v) is 6.42. The zero-order valence-electron chi connectivity index (χ0n) is 19.8. The Morgan fingerprint density at radius 2 is 1.46 bits per heavy atom. The van der Waals surface area contributed by atoms with Crippen LogP contribution in [0.2, 0.25) is 0 Å². The van der Waals surface area contributed by atoms with Crippen molar-refractivity contribution in [3.8, 4) is 0 Å². The number of aliphatic hydroxyl groups is 1. The Labute approximate surface area is 204 Å². The van der Waals surface area contributed by atoms with E-state index in [-0.39, 0.29) is 18.2 Å². The average Bonchev–Trinajstić information content (AvgIpc) is 2.91. The summed E-state index contributed by atoms with van der Waals surface area (Å²) in [5.74, 6) is 0.664. The summed E-state index contributed by atoms with van der Waals surface area (Å²) in [5, 5.41) is 10.1. The van der Waals surface area contributed by atoms with E-state index >= 15 is 0 Å². The van der Waals surface area contributed by atoms with Crippen molar-refractivity contribution in [3.05, 3.63) is 136 Å². The Morgan fingerprint density at radius 3 is 2.09 bits per heavy atom. The monoisotopic (exact) mass is 461 g/mol. The van der Waals surface area contributed by atoms with Crippen molar-refractivity contribution in [1.82, 2.24) is 9.55 Å². The number of nitrogens with zero attached hydrogens (tertiary/aromatic N) is 3. The predicted molar refractivity (Wildman–Crippen MR) is 141 cm³/mol. The molecule has 0 spiro atoms. The normalized spacial score (nSPS) is 11.2. The van der Waals surface area contributed by atoms with Crippen LogP contribution in [0.25, 0.3) is 10.9 Å². The molecule has 0 amide bonds. The molecule has 5 heteroatoms. The van der Waals surface area contributed by atoms with Gasteiger partial charge in [0, 0.05) is 18.4 Å². The van der Waals surface area contributed by atoms with Gasteiger partial charge in [-0.25, -0.2) is 4.98 Å². The van der Waals surface area contributed by atoms with Gasteiger partial charge in [0.05, 0.1) is 23.6 Å². The smallest absolute Gasteiger partial charge is 0.262 e. The molecule has 0 radical (unpaired) electrons. The van der Waals surface area contributed by atoms with Gasteiger partial charge in [0.15, 0.2) is 0 Å². The molecule has 1 N–H and O–H groups in total. The molecule has 0 aliphatic carbocycles. The zero-order chi connectivity index (χ0) is 24.4. The second-order valence-corrected chi connectivity index (χ2v) is 8.65. The molecule has 0 fully saturated rings. The minimum absolute atomic E-state index is 0.0202. The molecule has 0 aliphatic heterocycles. The molecular weight excluding hydrogens is 434 g/mol. The Morgan fingerprint density at radius 1 is 0.829 bits per heavy atom. The van der Waals surface area contributed by atoms with E-state index in [1.54, 1.807) is 4.57 Å². The second-order valence-electron chi connectivity index (χ2n) is 8.65. The summed E-state index contributed by atoms with van der Waals surface area (Å²) in [5.41, 5.74) is 5.29. The van der Waals surface area contributed by atoms with E-state index in [4.69, 9.17) is 4.98 Å². The number of fused-ring (bicyclic) bond motifs is 1. The maximum atomic E-state index is 14.0. The quantitative estimate of drug-likeness (QED) is 0.357. The van der Waals surface area contributed by atoms with Crippen molar-refractivity contribution in [1.29, 1.82) is 0 Å². The third kappa shape index (κ3) is 4.34.